The van der Waals surface area contributed by atoms with Crippen LogP contribution in [0.1, 0.15) is 38.9 Å². The molecule has 2 saturated heterocycles. The maximum absolute atomic E-state index is 16.8. The van der Waals surface area contributed by atoms with Crippen molar-refractivity contribution in [1.29, 1.82) is 0 Å². The molecule has 2 bridgehead atoms. The zero-order valence-corrected chi connectivity index (χ0v) is 26.9. The van der Waals surface area contributed by atoms with Crippen molar-refractivity contribution < 1.29 is 27.9 Å². The summed E-state index contributed by atoms with van der Waals surface area (Å²) in [5, 5.41) is 3.21. The van der Waals surface area contributed by atoms with Crippen molar-refractivity contribution in [2.45, 2.75) is 56.8 Å². The van der Waals surface area contributed by atoms with E-state index in [1.807, 2.05) is 69.0 Å². The molecule has 2 aromatic carbocycles. The van der Waals surface area contributed by atoms with Crippen LogP contribution in [0.3, 0.4) is 0 Å². The van der Waals surface area contributed by atoms with Gasteiger partial charge >= 0.3 is 6.09 Å². The Kier molecular flexibility index (Phi) is 7.18. The number of hydrogen-bond acceptors (Lipinski definition) is 7. The van der Waals surface area contributed by atoms with Crippen LogP contribution in [0.4, 0.5) is 9.18 Å². The van der Waals surface area contributed by atoms with Crippen molar-refractivity contribution >= 4 is 49.8 Å². The summed E-state index contributed by atoms with van der Waals surface area (Å²) in [6, 6.07) is 13.1. The number of amides is 1. The van der Waals surface area contributed by atoms with E-state index in [0.29, 0.717) is 33.7 Å². The number of rotatable bonds is 6. The molecule has 5 heterocycles. The highest BCUT2D eigenvalue weighted by molar-refractivity contribution is 7.90. The van der Waals surface area contributed by atoms with E-state index < -0.39 is 22.6 Å². The van der Waals surface area contributed by atoms with Gasteiger partial charge < -0.3 is 28.2 Å². The van der Waals surface area contributed by atoms with Gasteiger partial charge in [-0.05, 0) is 63.1 Å². The smallest absolute Gasteiger partial charge is 0.410 e. The average molecular weight is 631 g/mol. The lowest BCUT2D eigenvalue weighted by molar-refractivity contribution is 0.0210. The van der Waals surface area contributed by atoms with Gasteiger partial charge in [-0.3, -0.25) is 4.98 Å². The maximum Gasteiger partial charge on any atom is 0.410 e. The van der Waals surface area contributed by atoms with Crippen molar-refractivity contribution in [3.05, 3.63) is 60.2 Å². The Morgan fingerprint density at radius 2 is 1.93 bits per heavy atom. The fourth-order valence-corrected chi connectivity index (χ4v) is 7.68. The predicted octanol–water partition coefficient (Wildman–Crippen LogP) is 6.75. The summed E-state index contributed by atoms with van der Waals surface area (Å²) < 4.78 is 48.6. The van der Waals surface area contributed by atoms with Gasteiger partial charge in [0.25, 0.3) is 5.03 Å². The zero-order valence-electron chi connectivity index (χ0n) is 26.1. The van der Waals surface area contributed by atoms with Crippen molar-refractivity contribution in [3.63, 3.8) is 0 Å². The number of nitrogens with zero attached hydrogens (tertiary/aromatic N) is 4. The van der Waals surface area contributed by atoms with E-state index in [-0.39, 0.29) is 42.1 Å². The number of carbonyl (C=O) groups is 1. The van der Waals surface area contributed by atoms with Gasteiger partial charge in [0.2, 0.25) is 0 Å². The van der Waals surface area contributed by atoms with Crippen molar-refractivity contribution in [2.24, 2.45) is 5.92 Å². The van der Waals surface area contributed by atoms with Crippen LogP contribution in [0.15, 0.2) is 53.7 Å². The first-order chi connectivity index (χ1) is 21.5. The van der Waals surface area contributed by atoms with Gasteiger partial charge in [0.05, 0.1) is 23.0 Å². The Bertz CT molecular complexity index is 1990. The number of fused-ring (bicyclic) bond motifs is 5. The lowest BCUT2D eigenvalue weighted by atomic mass is 9.79. The first-order valence-electron chi connectivity index (χ1n) is 14.9. The lowest BCUT2D eigenvalue weighted by Crippen LogP contribution is -2.44. The van der Waals surface area contributed by atoms with Gasteiger partial charge in [-0.15, -0.1) is 0 Å². The molecule has 1 amide bonds. The molecule has 4 unspecified atom stereocenters. The highest BCUT2D eigenvalue weighted by Crippen LogP contribution is 2.52. The average Bonchev–Trinajstić information content (AvgIpc) is 3.68. The number of halogens is 1. The molecular formula is C34H35FN4O5S. The Morgan fingerprint density at radius 3 is 2.67 bits per heavy atom. The van der Waals surface area contributed by atoms with Crippen LogP contribution in [0, 0.1) is 18.7 Å². The predicted molar refractivity (Wildman–Crippen MR) is 171 cm³/mol. The SMILES string of the molecule is COCOc1cc(-c2ncc3c(nc([S+](C)[O-])c4cc(C)n(C5C6CC5N(C(=O)OC(C)(C)C)C6)c43)c2F)c2ccccc2c1. The molecule has 4 atom stereocenters. The van der Waals surface area contributed by atoms with Crippen molar-refractivity contribution in [2.75, 3.05) is 26.7 Å². The van der Waals surface area contributed by atoms with Crippen LogP contribution in [0.5, 0.6) is 5.75 Å². The van der Waals surface area contributed by atoms with E-state index in [0.717, 1.165) is 28.4 Å². The molecule has 0 N–H and O–H groups in total. The molecule has 1 aliphatic carbocycles. The second-order valence-electron chi connectivity index (χ2n) is 12.9. The number of ether oxygens (including phenoxy) is 3. The third-order valence-electron chi connectivity index (χ3n) is 8.81. The lowest BCUT2D eigenvalue weighted by Gasteiger charge is -2.39. The zero-order chi connectivity index (χ0) is 31.8. The van der Waals surface area contributed by atoms with E-state index >= 15 is 4.39 Å². The second kappa shape index (κ2) is 10.9. The number of hydrogen-bond donors (Lipinski definition) is 0. The van der Waals surface area contributed by atoms with Gasteiger partial charge in [-0.2, -0.15) is 4.98 Å². The normalized spacial score (nSPS) is 20.2. The summed E-state index contributed by atoms with van der Waals surface area (Å²) in [7, 11) is 1.54. The minimum absolute atomic E-state index is 0.0277. The molecule has 3 aromatic heterocycles. The summed E-state index contributed by atoms with van der Waals surface area (Å²) >= 11 is -1.50. The number of pyridine rings is 2. The van der Waals surface area contributed by atoms with Crippen LogP contribution >= 0.6 is 0 Å². The van der Waals surface area contributed by atoms with Gasteiger partial charge in [0.1, 0.15) is 28.8 Å². The topological polar surface area (TPSA) is 102 Å². The molecule has 3 aliphatic rings. The van der Waals surface area contributed by atoms with Crippen LogP contribution in [-0.2, 0) is 20.6 Å². The third-order valence-corrected chi connectivity index (χ3v) is 9.66. The molecular weight excluding hydrogens is 595 g/mol. The minimum atomic E-state index is -1.50. The summed E-state index contributed by atoms with van der Waals surface area (Å²) in [5.74, 6) is 0.131. The number of aryl methyl sites for hydroxylation is 1. The molecule has 3 fully saturated rings. The third kappa shape index (κ3) is 4.88. The minimum Gasteiger partial charge on any atom is -0.610 e. The van der Waals surface area contributed by atoms with Gasteiger partial charge in [0, 0.05) is 53.6 Å². The quantitative estimate of drug-likeness (QED) is 0.151. The molecule has 5 aromatic rings. The summed E-state index contributed by atoms with van der Waals surface area (Å²) in [6.07, 6.45) is 3.76. The van der Waals surface area contributed by atoms with Crippen LogP contribution < -0.4 is 4.74 Å². The number of aromatic nitrogens is 3. The molecule has 45 heavy (non-hydrogen) atoms. The van der Waals surface area contributed by atoms with E-state index in [9.17, 15) is 9.35 Å². The first kappa shape index (κ1) is 29.8. The van der Waals surface area contributed by atoms with Gasteiger partial charge in [-0.1, -0.05) is 24.3 Å². The Hall–Kier alpha value is -3.93. The van der Waals surface area contributed by atoms with E-state index in [2.05, 4.69) is 14.5 Å². The number of carbonyl (C=O) groups excluding carboxylic acids is 1. The van der Waals surface area contributed by atoms with Crippen LogP contribution in [-0.4, -0.2) is 68.4 Å². The first-order valence-corrected chi connectivity index (χ1v) is 16.5. The molecule has 0 radical (unpaired) electrons. The summed E-state index contributed by atoms with van der Waals surface area (Å²) in [5.41, 5.74) is 1.83. The molecule has 11 heteroatoms. The highest BCUT2D eigenvalue weighted by atomic mass is 32.2. The molecule has 1 saturated carbocycles. The highest BCUT2D eigenvalue weighted by Gasteiger charge is 2.56. The number of methoxy groups -OCH3 is 1. The van der Waals surface area contributed by atoms with E-state index in [4.69, 9.17) is 14.2 Å². The number of benzene rings is 2. The van der Waals surface area contributed by atoms with Crippen molar-refractivity contribution in [3.8, 4) is 17.0 Å². The molecule has 9 nitrogen and oxygen atoms in total. The fourth-order valence-electron chi connectivity index (χ4n) is 7.00. The van der Waals surface area contributed by atoms with Gasteiger partial charge in [0.15, 0.2) is 12.6 Å². The second-order valence-corrected chi connectivity index (χ2v) is 14.2. The Morgan fingerprint density at radius 1 is 1.16 bits per heavy atom. The van der Waals surface area contributed by atoms with E-state index in [1.54, 1.807) is 18.5 Å². The molecule has 8 rings (SSSR count). The van der Waals surface area contributed by atoms with Crippen molar-refractivity contribution in [1.82, 2.24) is 19.4 Å². The van der Waals surface area contributed by atoms with Crippen LogP contribution in [0.2, 0.25) is 0 Å². The van der Waals surface area contributed by atoms with E-state index in [1.165, 1.54) is 7.11 Å². The monoisotopic (exact) mass is 630 g/mol. The standard InChI is InChI=1S/C34H35FN4O5S/c1-18-11-24-31(39(18)30-20-13-26(30)38(16-20)33(40)44-34(2,3)4)25-15-36-28(27(35)29(25)37-32(24)45(6)41)23-14-21(43-17-42-5)12-19-9-7-8-10-22(19)23/h7-12,14-15,20,26,30H,13,16-17H2,1-6H3. The molecule has 0 spiro atoms. The maximum atomic E-state index is 16.8. The Labute approximate surface area is 263 Å². The van der Waals surface area contributed by atoms with Crippen LogP contribution in [0.25, 0.3) is 43.8 Å². The largest absolute Gasteiger partial charge is 0.610 e. The summed E-state index contributed by atoms with van der Waals surface area (Å²) in [4.78, 5) is 24.3. The fraction of sp³-hybridized carbons (Fsp3) is 0.382. The van der Waals surface area contributed by atoms with Gasteiger partial charge in [-0.25, -0.2) is 9.18 Å². The molecule has 234 valence electrons. The summed E-state index contributed by atoms with van der Waals surface area (Å²) in [6.45, 7) is 8.20. The molecule has 2 aliphatic heterocycles. The Balaban J connectivity index is 1.41.